The number of aliphatic carboxylic acids is 1. The van der Waals surface area contributed by atoms with E-state index in [9.17, 15) is 9.59 Å². The zero-order chi connectivity index (χ0) is 14.8. The van der Waals surface area contributed by atoms with E-state index in [0.29, 0.717) is 18.8 Å². The van der Waals surface area contributed by atoms with Crippen LogP contribution < -0.4 is 5.32 Å². The number of hydrogen-bond acceptors (Lipinski definition) is 2. The minimum absolute atomic E-state index is 0.101. The van der Waals surface area contributed by atoms with Crippen LogP contribution in [0.5, 0.6) is 0 Å². The highest BCUT2D eigenvalue weighted by atomic mass is 16.4. The first-order valence-corrected chi connectivity index (χ1v) is 7.76. The number of carboxylic acid groups (broad SMARTS) is 1. The molecule has 1 atom stereocenters. The molecule has 0 saturated heterocycles. The molecule has 4 nitrogen and oxygen atoms in total. The molecule has 1 aliphatic carbocycles. The van der Waals surface area contributed by atoms with Gasteiger partial charge in [-0.05, 0) is 38.0 Å². The molecule has 1 amide bonds. The smallest absolute Gasteiger partial charge is 0.326 e. The van der Waals surface area contributed by atoms with E-state index in [1.54, 1.807) is 0 Å². The fourth-order valence-electron chi connectivity index (χ4n) is 2.80. The zero-order valence-corrected chi connectivity index (χ0v) is 12.3. The third-order valence-corrected chi connectivity index (χ3v) is 3.98. The van der Waals surface area contributed by atoms with Crippen LogP contribution in [0.2, 0.25) is 0 Å². The Hall–Kier alpha value is -1.32. The van der Waals surface area contributed by atoms with Crippen LogP contribution >= 0.6 is 0 Å². The molecule has 4 heteroatoms. The number of amides is 1. The van der Waals surface area contributed by atoms with Crippen molar-refractivity contribution in [3.8, 4) is 0 Å². The largest absolute Gasteiger partial charge is 0.480 e. The fourth-order valence-corrected chi connectivity index (χ4v) is 2.80. The second-order valence-corrected chi connectivity index (χ2v) is 5.74. The molecular formula is C16H27NO3. The summed E-state index contributed by atoms with van der Waals surface area (Å²) in [4.78, 5) is 23.0. The summed E-state index contributed by atoms with van der Waals surface area (Å²) in [5.74, 6) is -0.569. The SMILES string of the molecule is C=CCCCCC[C@H](NC(=O)CC1CCCC1)C(=O)O. The molecule has 0 unspecified atom stereocenters. The Morgan fingerprint density at radius 3 is 2.55 bits per heavy atom. The van der Waals surface area contributed by atoms with Crippen molar-refractivity contribution < 1.29 is 14.7 Å². The Morgan fingerprint density at radius 2 is 1.95 bits per heavy atom. The van der Waals surface area contributed by atoms with Gasteiger partial charge in [-0.25, -0.2) is 4.79 Å². The molecule has 20 heavy (non-hydrogen) atoms. The van der Waals surface area contributed by atoms with E-state index in [2.05, 4.69) is 11.9 Å². The van der Waals surface area contributed by atoms with Gasteiger partial charge in [0, 0.05) is 6.42 Å². The number of nitrogens with one attached hydrogen (secondary N) is 1. The molecule has 0 bridgehead atoms. The highest BCUT2D eigenvalue weighted by Gasteiger charge is 2.23. The average molecular weight is 281 g/mol. The Morgan fingerprint density at radius 1 is 1.25 bits per heavy atom. The van der Waals surface area contributed by atoms with Crippen molar-refractivity contribution in [1.29, 1.82) is 0 Å². The third kappa shape index (κ3) is 6.73. The predicted octanol–water partition coefficient (Wildman–Crippen LogP) is 3.27. The lowest BCUT2D eigenvalue weighted by Crippen LogP contribution is -2.41. The van der Waals surface area contributed by atoms with Crippen molar-refractivity contribution in [3.05, 3.63) is 12.7 Å². The van der Waals surface area contributed by atoms with E-state index < -0.39 is 12.0 Å². The van der Waals surface area contributed by atoms with Gasteiger partial charge in [0.2, 0.25) is 5.91 Å². The predicted molar refractivity (Wildman–Crippen MR) is 79.4 cm³/mol. The summed E-state index contributed by atoms with van der Waals surface area (Å²) < 4.78 is 0. The normalized spacial score (nSPS) is 16.8. The molecule has 0 heterocycles. The van der Waals surface area contributed by atoms with Crippen molar-refractivity contribution in [2.45, 2.75) is 70.3 Å². The molecule has 0 aromatic carbocycles. The summed E-state index contributed by atoms with van der Waals surface area (Å²) in [6.07, 6.45) is 11.3. The van der Waals surface area contributed by atoms with Gasteiger partial charge in [0.25, 0.3) is 0 Å². The van der Waals surface area contributed by atoms with Gasteiger partial charge in [0.15, 0.2) is 0 Å². The monoisotopic (exact) mass is 281 g/mol. The molecule has 0 aromatic heterocycles. The maximum absolute atomic E-state index is 11.9. The lowest BCUT2D eigenvalue weighted by molar-refractivity contribution is -0.142. The molecule has 1 fully saturated rings. The van der Waals surface area contributed by atoms with Crippen LogP contribution in [0.15, 0.2) is 12.7 Å². The van der Waals surface area contributed by atoms with E-state index in [1.165, 1.54) is 12.8 Å². The average Bonchev–Trinajstić information content (AvgIpc) is 2.89. The van der Waals surface area contributed by atoms with Gasteiger partial charge < -0.3 is 10.4 Å². The first kappa shape index (κ1) is 16.7. The van der Waals surface area contributed by atoms with E-state index in [1.807, 2.05) is 6.08 Å². The van der Waals surface area contributed by atoms with Crippen LogP contribution in [0.4, 0.5) is 0 Å². The van der Waals surface area contributed by atoms with Crippen molar-refractivity contribution in [2.24, 2.45) is 5.92 Å². The Balaban J connectivity index is 2.24. The summed E-state index contributed by atoms with van der Waals surface area (Å²) in [6.45, 7) is 3.66. The number of carbonyl (C=O) groups excluding carboxylic acids is 1. The fraction of sp³-hybridized carbons (Fsp3) is 0.750. The standard InChI is InChI=1S/C16H27NO3/c1-2-3-4-5-6-11-14(16(19)20)17-15(18)12-13-9-7-8-10-13/h2,13-14H,1,3-12H2,(H,17,18)(H,19,20)/t14-/m0/s1. The zero-order valence-electron chi connectivity index (χ0n) is 12.3. The molecule has 0 spiro atoms. The van der Waals surface area contributed by atoms with Gasteiger partial charge in [-0.15, -0.1) is 6.58 Å². The van der Waals surface area contributed by atoms with Gasteiger partial charge in [-0.2, -0.15) is 0 Å². The summed E-state index contributed by atoms with van der Waals surface area (Å²) in [6, 6.07) is -0.729. The molecule has 0 aromatic rings. The van der Waals surface area contributed by atoms with Gasteiger partial charge in [-0.3, -0.25) is 4.79 Å². The number of carbonyl (C=O) groups is 2. The van der Waals surface area contributed by atoms with Crippen LogP contribution in [0.3, 0.4) is 0 Å². The van der Waals surface area contributed by atoms with Gasteiger partial charge >= 0.3 is 5.97 Å². The van der Waals surface area contributed by atoms with E-state index in [0.717, 1.165) is 38.5 Å². The molecule has 1 aliphatic rings. The van der Waals surface area contributed by atoms with Crippen LogP contribution in [0.1, 0.15) is 64.2 Å². The quantitative estimate of drug-likeness (QED) is 0.477. The lowest BCUT2D eigenvalue weighted by atomic mass is 10.0. The molecule has 0 aliphatic heterocycles. The van der Waals surface area contributed by atoms with E-state index in [-0.39, 0.29) is 5.91 Å². The van der Waals surface area contributed by atoms with Gasteiger partial charge in [-0.1, -0.05) is 31.8 Å². The lowest BCUT2D eigenvalue weighted by Gasteiger charge is -2.16. The van der Waals surface area contributed by atoms with Gasteiger partial charge in [0.05, 0.1) is 0 Å². The number of hydrogen-bond donors (Lipinski definition) is 2. The topological polar surface area (TPSA) is 66.4 Å². The Kier molecular flexibility index (Phi) is 8.00. The van der Waals surface area contributed by atoms with Crippen molar-refractivity contribution in [1.82, 2.24) is 5.32 Å². The molecule has 2 N–H and O–H groups in total. The van der Waals surface area contributed by atoms with E-state index >= 15 is 0 Å². The summed E-state index contributed by atoms with van der Waals surface area (Å²) in [7, 11) is 0. The Labute approximate surface area is 121 Å². The summed E-state index contributed by atoms with van der Waals surface area (Å²) in [5, 5.41) is 11.8. The van der Waals surface area contributed by atoms with Crippen LogP contribution in [-0.4, -0.2) is 23.0 Å². The minimum Gasteiger partial charge on any atom is -0.480 e. The maximum Gasteiger partial charge on any atom is 0.326 e. The molecule has 0 radical (unpaired) electrons. The number of rotatable bonds is 10. The molecular weight excluding hydrogens is 254 g/mol. The molecule has 1 rings (SSSR count). The molecule has 114 valence electrons. The van der Waals surface area contributed by atoms with Crippen LogP contribution in [0.25, 0.3) is 0 Å². The second-order valence-electron chi connectivity index (χ2n) is 5.74. The van der Waals surface area contributed by atoms with Crippen molar-refractivity contribution in [3.63, 3.8) is 0 Å². The van der Waals surface area contributed by atoms with Crippen LogP contribution in [-0.2, 0) is 9.59 Å². The van der Waals surface area contributed by atoms with Gasteiger partial charge in [0.1, 0.15) is 6.04 Å². The van der Waals surface area contributed by atoms with E-state index in [4.69, 9.17) is 5.11 Å². The van der Waals surface area contributed by atoms with Crippen LogP contribution in [0, 0.1) is 5.92 Å². The summed E-state index contributed by atoms with van der Waals surface area (Å²) in [5.41, 5.74) is 0. The minimum atomic E-state index is -0.923. The highest BCUT2D eigenvalue weighted by molar-refractivity contribution is 5.83. The number of carboxylic acids is 1. The van der Waals surface area contributed by atoms with Crippen molar-refractivity contribution in [2.75, 3.05) is 0 Å². The molecule has 1 saturated carbocycles. The first-order valence-electron chi connectivity index (χ1n) is 7.76. The second kappa shape index (κ2) is 9.56. The Bertz CT molecular complexity index is 322. The summed E-state index contributed by atoms with van der Waals surface area (Å²) >= 11 is 0. The van der Waals surface area contributed by atoms with Crippen molar-refractivity contribution >= 4 is 11.9 Å². The first-order chi connectivity index (χ1) is 9.63. The maximum atomic E-state index is 11.9. The number of unbranched alkanes of at least 4 members (excludes halogenated alkanes) is 3. The third-order valence-electron chi connectivity index (χ3n) is 3.98. The highest BCUT2D eigenvalue weighted by Crippen LogP contribution is 2.27. The number of allylic oxidation sites excluding steroid dienone is 1.